The highest BCUT2D eigenvalue weighted by Gasteiger charge is 2.17. The molecule has 0 bridgehead atoms. The van der Waals surface area contributed by atoms with Gasteiger partial charge in [0, 0.05) is 11.6 Å². The quantitative estimate of drug-likeness (QED) is 0.646. The lowest BCUT2D eigenvalue weighted by Gasteiger charge is -2.13. The highest BCUT2D eigenvalue weighted by molar-refractivity contribution is 5.85. The van der Waals surface area contributed by atoms with Crippen molar-refractivity contribution in [1.29, 1.82) is 0 Å². The van der Waals surface area contributed by atoms with E-state index in [0.717, 1.165) is 17.7 Å². The van der Waals surface area contributed by atoms with Crippen molar-refractivity contribution >= 4 is 12.4 Å². The van der Waals surface area contributed by atoms with Gasteiger partial charge in [0.1, 0.15) is 0 Å². The zero-order chi connectivity index (χ0) is 11.6. The van der Waals surface area contributed by atoms with Crippen molar-refractivity contribution in [3.63, 3.8) is 0 Å². The summed E-state index contributed by atoms with van der Waals surface area (Å²) in [5, 5.41) is 0. The fraction of sp³-hybridized carbons (Fsp3) is 0.273. The van der Waals surface area contributed by atoms with Crippen molar-refractivity contribution in [1.82, 2.24) is 0 Å². The van der Waals surface area contributed by atoms with E-state index in [4.69, 9.17) is 5.73 Å². The second-order valence-corrected chi connectivity index (χ2v) is 3.53. The monoisotopic (exact) mass is 251 g/mol. The molecule has 1 aromatic carbocycles. The molecule has 0 saturated heterocycles. The summed E-state index contributed by atoms with van der Waals surface area (Å²) in [6.45, 7) is 5.35. The summed E-state index contributed by atoms with van der Waals surface area (Å²) < 4.78 is 38.7. The molecule has 0 spiro atoms. The van der Waals surface area contributed by atoms with Crippen LogP contribution in [0.4, 0.5) is 13.2 Å². The number of benzene rings is 1. The smallest absolute Gasteiger partial charge is 0.194 e. The van der Waals surface area contributed by atoms with E-state index in [2.05, 4.69) is 6.58 Å². The Balaban J connectivity index is 0.00000225. The minimum Gasteiger partial charge on any atom is -0.324 e. The second-order valence-electron chi connectivity index (χ2n) is 3.53. The lowest BCUT2D eigenvalue weighted by molar-refractivity contribution is 0.435. The highest BCUT2D eigenvalue weighted by Crippen LogP contribution is 2.23. The van der Waals surface area contributed by atoms with E-state index in [1.807, 2.05) is 0 Å². The fourth-order valence-electron chi connectivity index (χ4n) is 1.31. The molecule has 0 amide bonds. The lowest BCUT2D eigenvalue weighted by Crippen LogP contribution is -2.13. The third kappa shape index (κ3) is 3.25. The van der Waals surface area contributed by atoms with Crippen LogP contribution in [0.2, 0.25) is 0 Å². The molecule has 0 unspecified atom stereocenters. The largest absolute Gasteiger partial charge is 0.324 e. The van der Waals surface area contributed by atoms with Crippen molar-refractivity contribution in [2.24, 2.45) is 5.73 Å². The molecule has 16 heavy (non-hydrogen) atoms. The Morgan fingerprint density at radius 3 is 2.38 bits per heavy atom. The van der Waals surface area contributed by atoms with E-state index in [1.165, 1.54) is 0 Å². The molecular formula is C11H13ClF3N. The van der Waals surface area contributed by atoms with Crippen LogP contribution >= 0.6 is 12.4 Å². The molecule has 90 valence electrons. The van der Waals surface area contributed by atoms with E-state index in [0.29, 0.717) is 6.42 Å². The van der Waals surface area contributed by atoms with Crippen LogP contribution in [0.3, 0.4) is 0 Å². The van der Waals surface area contributed by atoms with Gasteiger partial charge in [0.05, 0.1) is 0 Å². The normalized spacial score (nSPS) is 11.8. The van der Waals surface area contributed by atoms with Gasteiger partial charge in [0.15, 0.2) is 17.5 Å². The molecule has 1 atom stereocenters. The maximum atomic E-state index is 13.2. The van der Waals surface area contributed by atoms with Crippen molar-refractivity contribution in [2.45, 2.75) is 19.4 Å². The summed E-state index contributed by atoms with van der Waals surface area (Å²) in [5.74, 6) is -3.91. The molecule has 0 saturated carbocycles. The first-order chi connectivity index (χ1) is 6.93. The first-order valence-electron chi connectivity index (χ1n) is 4.46. The second kappa shape index (κ2) is 5.92. The van der Waals surface area contributed by atoms with Crippen LogP contribution in [-0.2, 0) is 0 Å². The summed E-state index contributed by atoms with van der Waals surface area (Å²) in [4.78, 5) is 0. The topological polar surface area (TPSA) is 26.0 Å². The molecule has 0 aliphatic rings. The summed E-state index contributed by atoms with van der Waals surface area (Å²) in [6, 6.07) is 1.32. The molecular weight excluding hydrogens is 239 g/mol. The van der Waals surface area contributed by atoms with Crippen molar-refractivity contribution in [3.05, 3.63) is 47.3 Å². The number of hydrogen-bond acceptors (Lipinski definition) is 1. The molecule has 0 fully saturated rings. The fourth-order valence-corrected chi connectivity index (χ4v) is 1.31. The Morgan fingerprint density at radius 2 is 1.88 bits per heavy atom. The van der Waals surface area contributed by atoms with E-state index < -0.39 is 23.5 Å². The van der Waals surface area contributed by atoms with Gasteiger partial charge in [-0.25, -0.2) is 13.2 Å². The Bertz CT molecular complexity index is 393. The van der Waals surface area contributed by atoms with Gasteiger partial charge in [0.2, 0.25) is 0 Å². The molecule has 1 rings (SSSR count). The average Bonchev–Trinajstić information content (AvgIpc) is 2.13. The Labute approximate surface area is 98.6 Å². The molecule has 1 nitrogen and oxygen atoms in total. The Hall–Kier alpha value is -1.00. The number of halogens is 4. The Morgan fingerprint density at radius 1 is 1.31 bits per heavy atom. The van der Waals surface area contributed by atoms with Crippen LogP contribution in [-0.4, -0.2) is 0 Å². The van der Waals surface area contributed by atoms with E-state index in [1.54, 1.807) is 6.92 Å². The van der Waals surface area contributed by atoms with Gasteiger partial charge in [-0.05, 0) is 19.4 Å². The van der Waals surface area contributed by atoms with Gasteiger partial charge >= 0.3 is 0 Å². The summed E-state index contributed by atoms with van der Waals surface area (Å²) in [5.41, 5.74) is 6.35. The van der Waals surface area contributed by atoms with Gasteiger partial charge in [-0.2, -0.15) is 0 Å². The average molecular weight is 252 g/mol. The molecule has 0 aliphatic carbocycles. The van der Waals surface area contributed by atoms with Crippen molar-refractivity contribution < 1.29 is 13.2 Å². The minimum absolute atomic E-state index is 0. The third-order valence-corrected chi connectivity index (χ3v) is 2.03. The van der Waals surface area contributed by atoms with Crippen LogP contribution in [0.1, 0.15) is 24.9 Å². The first kappa shape index (κ1) is 15.0. The van der Waals surface area contributed by atoms with Crippen LogP contribution in [0, 0.1) is 17.5 Å². The van der Waals surface area contributed by atoms with E-state index in [-0.39, 0.29) is 18.0 Å². The van der Waals surface area contributed by atoms with Crippen LogP contribution < -0.4 is 5.73 Å². The maximum Gasteiger partial charge on any atom is 0.194 e. The number of hydrogen-bond donors (Lipinski definition) is 1. The number of nitrogens with two attached hydrogens (primary N) is 1. The van der Waals surface area contributed by atoms with Gasteiger partial charge in [-0.1, -0.05) is 11.6 Å². The molecule has 2 N–H and O–H groups in total. The zero-order valence-electron chi connectivity index (χ0n) is 8.77. The van der Waals surface area contributed by atoms with Gasteiger partial charge in [-0.3, -0.25) is 0 Å². The van der Waals surface area contributed by atoms with Gasteiger partial charge in [-0.15, -0.1) is 19.0 Å². The highest BCUT2D eigenvalue weighted by atomic mass is 35.5. The minimum atomic E-state index is -1.48. The van der Waals surface area contributed by atoms with Crippen LogP contribution in [0.5, 0.6) is 0 Å². The van der Waals surface area contributed by atoms with Gasteiger partial charge < -0.3 is 5.73 Å². The van der Waals surface area contributed by atoms with Crippen molar-refractivity contribution in [3.8, 4) is 0 Å². The molecule has 0 aliphatic heterocycles. The standard InChI is InChI=1S/C11H12F3N.ClH/c1-6(2)5-9(15)7-3-4-8(12)11(14)10(7)13;/h3-4,9H,1,5,15H2,2H3;1H/t9-;/m0./s1. The number of rotatable bonds is 3. The summed E-state index contributed by atoms with van der Waals surface area (Å²) >= 11 is 0. The van der Waals surface area contributed by atoms with Gasteiger partial charge in [0.25, 0.3) is 0 Å². The van der Waals surface area contributed by atoms with E-state index >= 15 is 0 Å². The lowest BCUT2D eigenvalue weighted by atomic mass is 10.0. The summed E-state index contributed by atoms with van der Waals surface area (Å²) in [7, 11) is 0. The van der Waals surface area contributed by atoms with Crippen LogP contribution in [0.25, 0.3) is 0 Å². The maximum absolute atomic E-state index is 13.2. The molecule has 0 radical (unpaired) electrons. The molecule has 0 heterocycles. The summed E-state index contributed by atoms with van der Waals surface area (Å²) in [6.07, 6.45) is 0.335. The van der Waals surface area contributed by atoms with E-state index in [9.17, 15) is 13.2 Å². The molecule has 0 aromatic heterocycles. The predicted molar refractivity (Wildman–Crippen MR) is 59.9 cm³/mol. The zero-order valence-corrected chi connectivity index (χ0v) is 9.58. The van der Waals surface area contributed by atoms with Crippen molar-refractivity contribution in [2.75, 3.05) is 0 Å². The third-order valence-electron chi connectivity index (χ3n) is 2.03. The Kier molecular flexibility index (Phi) is 5.55. The van der Waals surface area contributed by atoms with Crippen LogP contribution in [0.15, 0.2) is 24.3 Å². The first-order valence-corrected chi connectivity index (χ1v) is 4.46. The predicted octanol–water partition coefficient (Wildman–Crippen LogP) is 3.49. The molecule has 5 heteroatoms. The SMILES string of the molecule is C=C(C)C[C@H](N)c1ccc(F)c(F)c1F.Cl. The molecule has 1 aromatic rings.